The number of pyridine rings is 1. The summed E-state index contributed by atoms with van der Waals surface area (Å²) in [4.78, 5) is 8.40. The van der Waals surface area contributed by atoms with Crippen molar-refractivity contribution in [2.24, 2.45) is 4.99 Å². The van der Waals surface area contributed by atoms with Gasteiger partial charge in [-0.15, -0.1) is 0 Å². The Morgan fingerprint density at radius 3 is 2.81 bits per heavy atom. The zero-order valence-corrected chi connectivity index (χ0v) is 15.8. The van der Waals surface area contributed by atoms with Crippen LogP contribution in [0.25, 0.3) is 0 Å². The lowest BCUT2D eigenvalue weighted by Crippen LogP contribution is -2.38. The number of rotatable bonds is 9. The third-order valence-electron chi connectivity index (χ3n) is 3.87. The van der Waals surface area contributed by atoms with E-state index in [1.165, 1.54) is 11.1 Å². The normalized spacial score (nSPS) is 11.3. The van der Waals surface area contributed by atoms with Gasteiger partial charge in [-0.25, -0.2) is 0 Å². The molecule has 0 saturated carbocycles. The van der Waals surface area contributed by atoms with Crippen LogP contribution in [-0.2, 0) is 17.7 Å². The van der Waals surface area contributed by atoms with E-state index in [-0.39, 0.29) is 0 Å². The summed E-state index contributed by atoms with van der Waals surface area (Å²) < 4.78 is 10.9. The minimum atomic E-state index is 0.533. The number of benzene rings is 1. The molecule has 26 heavy (non-hydrogen) atoms. The van der Waals surface area contributed by atoms with Gasteiger partial charge >= 0.3 is 0 Å². The zero-order chi connectivity index (χ0) is 18.6. The van der Waals surface area contributed by atoms with Crippen LogP contribution in [-0.4, -0.2) is 44.9 Å². The maximum absolute atomic E-state index is 5.83. The Morgan fingerprint density at radius 2 is 2.08 bits per heavy atom. The van der Waals surface area contributed by atoms with Crippen LogP contribution in [0.2, 0.25) is 0 Å². The number of guanidine groups is 1. The first-order chi connectivity index (χ1) is 12.7. The van der Waals surface area contributed by atoms with E-state index in [2.05, 4.69) is 45.7 Å². The second-order valence-electron chi connectivity index (χ2n) is 5.92. The first-order valence-electron chi connectivity index (χ1n) is 8.77. The summed E-state index contributed by atoms with van der Waals surface area (Å²) >= 11 is 0. The highest BCUT2D eigenvalue weighted by Crippen LogP contribution is 2.20. The van der Waals surface area contributed by atoms with Crippen molar-refractivity contribution < 1.29 is 9.47 Å². The van der Waals surface area contributed by atoms with Crippen molar-refractivity contribution in [2.75, 3.05) is 33.9 Å². The van der Waals surface area contributed by atoms with Crippen LogP contribution in [0.5, 0.6) is 5.75 Å². The summed E-state index contributed by atoms with van der Waals surface area (Å²) in [6.45, 7) is 4.58. The lowest BCUT2D eigenvalue weighted by Gasteiger charge is -2.15. The molecule has 140 valence electrons. The van der Waals surface area contributed by atoms with E-state index < -0.39 is 0 Å². The minimum absolute atomic E-state index is 0.533. The van der Waals surface area contributed by atoms with E-state index in [9.17, 15) is 0 Å². The maximum Gasteiger partial charge on any atom is 0.191 e. The van der Waals surface area contributed by atoms with Gasteiger partial charge < -0.3 is 20.1 Å². The van der Waals surface area contributed by atoms with Crippen LogP contribution < -0.4 is 15.4 Å². The predicted molar refractivity (Wildman–Crippen MR) is 105 cm³/mol. The number of hydrogen-bond donors (Lipinski definition) is 2. The topological polar surface area (TPSA) is 67.8 Å². The van der Waals surface area contributed by atoms with Gasteiger partial charge in [0.05, 0.1) is 6.61 Å². The molecular formula is C20H28N4O2. The van der Waals surface area contributed by atoms with Gasteiger partial charge in [-0.2, -0.15) is 0 Å². The zero-order valence-electron chi connectivity index (χ0n) is 15.8. The molecule has 2 aromatic rings. The van der Waals surface area contributed by atoms with Crippen LogP contribution in [0.4, 0.5) is 0 Å². The van der Waals surface area contributed by atoms with Crippen LogP contribution in [0, 0.1) is 6.92 Å². The van der Waals surface area contributed by atoms with E-state index in [1.54, 1.807) is 20.4 Å². The largest absolute Gasteiger partial charge is 0.491 e. The van der Waals surface area contributed by atoms with Crippen molar-refractivity contribution in [3.05, 3.63) is 59.4 Å². The molecule has 6 nitrogen and oxygen atoms in total. The molecule has 2 N–H and O–H groups in total. The van der Waals surface area contributed by atoms with Crippen LogP contribution in [0.15, 0.2) is 47.7 Å². The van der Waals surface area contributed by atoms with Crippen LogP contribution >= 0.6 is 0 Å². The van der Waals surface area contributed by atoms with Crippen LogP contribution in [0.1, 0.15) is 16.7 Å². The Balaban J connectivity index is 1.85. The average Bonchev–Trinajstić information content (AvgIpc) is 2.66. The first kappa shape index (κ1) is 19.7. The lowest BCUT2D eigenvalue weighted by atomic mass is 10.1. The summed E-state index contributed by atoms with van der Waals surface area (Å²) in [5, 5.41) is 6.66. The summed E-state index contributed by atoms with van der Waals surface area (Å²) in [6.07, 6.45) is 4.56. The third kappa shape index (κ3) is 6.72. The number of aromatic nitrogens is 1. The number of nitrogens with zero attached hydrogens (tertiary/aromatic N) is 2. The molecule has 1 aromatic carbocycles. The monoisotopic (exact) mass is 356 g/mol. The fraction of sp³-hybridized carbons (Fsp3) is 0.400. The molecular weight excluding hydrogens is 328 g/mol. The van der Waals surface area contributed by atoms with Crippen molar-refractivity contribution in [1.82, 2.24) is 15.6 Å². The highest BCUT2D eigenvalue weighted by Gasteiger charge is 2.06. The molecule has 1 aromatic heterocycles. The Morgan fingerprint density at radius 1 is 1.19 bits per heavy atom. The summed E-state index contributed by atoms with van der Waals surface area (Å²) in [5.74, 6) is 1.64. The van der Waals surface area contributed by atoms with Gasteiger partial charge in [-0.3, -0.25) is 9.98 Å². The van der Waals surface area contributed by atoms with Gasteiger partial charge in [-0.1, -0.05) is 18.2 Å². The number of methoxy groups -OCH3 is 1. The summed E-state index contributed by atoms with van der Waals surface area (Å²) in [5.41, 5.74) is 3.45. The number of aliphatic imine (C=N–C) groups is 1. The molecule has 6 heteroatoms. The highest BCUT2D eigenvalue weighted by molar-refractivity contribution is 5.79. The highest BCUT2D eigenvalue weighted by atomic mass is 16.5. The van der Waals surface area contributed by atoms with E-state index >= 15 is 0 Å². The van der Waals surface area contributed by atoms with E-state index in [1.807, 2.05) is 18.3 Å². The number of aryl methyl sites for hydroxylation is 1. The van der Waals surface area contributed by atoms with Gasteiger partial charge in [0.2, 0.25) is 0 Å². The second-order valence-corrected chi connectivity index (χ2v) is 5.92. The second kappa shape index (κ2) is 11.1. The molecule has 0 aliphatic heterocycles. The molecule has 0 spiro atoms. The molecule has 0 amide bonds. The van der Waals surface area contributed by atoms with E-state index in [0.717, 1.165) is 30.2 Å². The Bertz CT molecular complexity index is 689. The smallest absolute Gasteiger partial charge is 0.191 e. The third-order valence-corrected chi connectivity index (χ3v) is 3.87. The van der Waals surface area contributed by atoms with Crippen molar-refractivity contribution >= 4 is 5.96 Å². The average molecular weight is 356 g/mol. The molecule has 0 radical (unpaired) electrons. The standard InChI is InChI=1S/C20H28N4O2/c1-16-6-7-18(19(13-16)26-12-11-25-3)15-24-20(21-2)23-10-8-17-5-4-9-22-14-17/h4-7,9,13-14H,8,10-12,15H2,1-3H3,(H2,21,23,24). The fourth-order valence-corrected chi connectivity index (χ4v) is 2.45. The van der Waals surface area contributed by atoms with Crippen molar-refractivity contribution in [2.45, 2.75) is 19.9 Å². The molecule has 0 bridgehead atoms. The molecule has 0 unspecified atom stereocenters. The molecule has 0 saturated heterocycles. The van der Waals surface area contributed by atoms with Gasteiger partial charge in [0.15, 0.2) is 5.96 Å². The van der Waals surface area contributed by atoms with E-state index in [0.29, 0.717) is 19.8 Å². The van der Waals surface area contributed by atoms with Crippen molar-refractivity contribution in [3.63, 3.8) is 0 Å². The summed E-state index contributed by atoms with van der Waals surface area (Å²) in [6, 6.07) is 10.2. The van der Waals surface area contributed by atoms with Crippen molar-refractivity contribution in [3.8, 4) is 5.75 Å². The molecule has 0 fully saturated rings. The Labute approximate surface area is 155 Å². The van der Waals surface area contributed by atoms with E-state index in [4.69, 9.17) is 9.47 Å². The number of ether oxygens (including phenoxy) is 2. The Hall–Kier alpha value is -2.60. The molecule has 0 aliphatic rings. The fourth-order valence-electron chi connectivity index (χ4n) is 2.45. The van der Waals surface area contributed by atoms with Gasteiger partial charge in [0.25, 0.3) is 0 Å². The quantitative estimate of drug-likeness (QED) is 0.410. The molecule has 1 heterocycles. The number of hydrogen-bond acceptors (Lipinski definition) is 4. The molecule has 0 aliphatic carbocycles. The SMILES string of the molecule is CN=C(NCCc1cccnc1)NCc1ccc(C)cc1OCCOC. The van der Waals surface area contributed by atoms with Gasteiger partial charge in [-0.05, 0) is 36.6 Å². The maximum atomic E-state index is 5.83. The first-order valence-corrected chi connectivity index (χ1v) is 8.77. The predicted octanol–water partition coefficient (Wildman–Crippen LogP) is 2.32. The Kier molecular flexibility index (Phi) is 8.42. The van der Waals surface area contributed by atoms with Crippen LogP contribution in [0.3, 0.4) is 0 Å². The summed E-state index contributed by atoms with van der Waals surface area (Å²) in [7, 11) is 3.44. The lowest BCUT2D eigenvalue weighted by molar-refractivity contribution is 0.145. The molecule has 0 atom stereocenters. The van der Waals surface area contributed by atoms with Gasteiger partial charge in [0, 0.05) is 45.2 Å². The van der Waals surface area contributed by atoms with Crippen molar-refractivity contribution in [1.29, 1.82) is 0 Å². The minimum Gasteiger partial charge on any atom is -0.491 e. The molecule has 2 rings (SSSR count). The van der Waals surface area contributed by atoms with Gasteiger partial charge in [0.1, 0.15) is 12.4 Å². The number of nitrogens with one attached hydrogen (secondary N) is 2.